The highest BCUT2D eigenvalue weighted by Crippen LogP contribution is 2.33. The van der Waals surface area contributed by atoms with Gasteiger partial charge >= 0.3 is 0 Å². The van der Waals surface area contributed by atoms with Crippen molar-refractivity contribution in [2.75, 3.05) is 6.54 Å². The van der Waals surface area contributed by atoms with Gasteiger partial charge in [-0.05, 0) is 36.5 Å². The Morgan fingerprint density at radius 3 is 2.88 bits per heavy atom. The molecule has 2 heterocycles. The molecule has 0 radical (unpaired) electrons. The van der Waals surface area contributed by atoms with Gasteiger partial charge in [0.2, 0.25) is 0 Å². The molecule has 17 heavy (non-hydrogen) atoms. The Bertz CT molecular complexity index is 496. The molecule has 90 valence electrons. The first-order valence-corrected chi connectivity index (χ1v) is 6.87. The molecule has 4 heteroatoms. The summed E-state index contributed by atoms with van der Waals surface area (Å²) in [5.74, 6) is 0. The number of nitrogens with one attached hydrogen (secondary N) is 1. The Labute approximate surface area is 111 Å². The first-order chi connectivity index (χ1) is 8.24. The lowest BCUT2D eigenvalue weighted by Gasteiger charge is -2.18. The third-order valence-corrected chi connectivity index (χ3v) is 4.06. The third-order valence-electron chi connectivity index (χ3n) is 2.64. The van der Waals surface area contributed by atoms with Gasteiger partial charge in [-0.2, -0.15) is 0 Å². The summed E-state index contributed by atoms with van der Waals surface area (Å²) in [7, 11) is 0. The summed E-state index contributed by atoms with van der Waals surface area (Å²) in [6.07, 6.45) is 1.83. The van der Waals surface area contributed by atoms with Crippen molar-refractivity contribution in [3.63, 3.8) is 0 Å². The second kappa shape index (κ2) is 5.63. The van der Waals surface area contributed by atoms with Crippen LogP contribution in [-0.2, 0) is 0 Å². The monoisotopic (exact) mass is 266 g/mol. The van der Waals surface area contributed by atoms with Gasteiger partial charge in [-0.15, -0.1) is 11.3 Å². The molecule has 2 aromatic rings. The van der Waals surface area contributed by atoms with Gasteiger partial charge in [-0.1, -0.05) is 24.6 Å². The van der Waals surface area contributed by atoms with E-state index in [4.69, 9.17) is 11.6 Å². The van der Waals surface area contributed by atoms with Crippen LogP contribution in [0.3, 0.4) is 0 Å². The number of halogens is 1. The van der Waals surface area contributed by atoms with E-state index in [0.717, 1.165) is 22.1 Å². The van der Waals surface area contributed by atoms with Gasteiger partial charge in [0.25, 0.3) is 0 Å². The number of hydrogen-bond donors (Lipinski definition) is 1. The van der Waals surface area contributed by atoms with Crippen LogP contribution in [0.15, 0.2) is 29.8 Å². The lowest BCUT2D eigenvalue weighted by atomic mass is 10.1. The molecular formula is C13H15ClN2S. The van der Waals surface area contributed by atoms with Gasteiger partial charge in [-0.3, -0.25) is 4.98 Å². The number of nitrogens with zero attached hydrogens (tertiary/aromatic N) is 1. The zero-order valence-electron chi connectivity index (χ0n) is 9.90. The van der Waals surface area contributed by atoms with Crippen molar-refractivity contribution in [3.8, 4) is 0 Å². The molecule has 0 amide bonds. The predicted molar refractivity (Wildman–Crippen MR) is 73.8 cm³/mol. The van der Waals surface area contributed by atoms with Gasteiger partial charge in [0.15, 0.2) is 0 Å². The Morgan fingerprint density at radius 2 is 2.29 bits per heavy atom. The standard InChI is InChI=1S/C13H15ClN2S/c1-3-15-12(13-10(14)6-8-17-13)11-9(2)5-4-7-16-11/h4-8,12,15H,3H2,1-2H3. The largest absolute Gasteiger partial charge is 0.305 e. The highest BCUT2D eigenvalue weighted by molar-refractivity contribution is 7.10. The van der Waals surface area contributed by atoms with Gasteiger partial charge in [0.1, 0.15) is 0 Å². The number of thiophene rings is 1. The number of rotatable bonds is 4. The molecule has 0 aliphatic heterocycles. The van der Waals surface area contributed by atoms with Crippen LogP contribution in [0.4, 0.5) is 0 Å². The first-order valence-electron chi connectivity index (χ1n) is 5.61. The van der Waals surface area contributed by atoms with E-state index >= 15 is 0 Å². The maximum Gasteiger partial charge on any atom is 0.0862 e. The number of aryl methyl sites for hydroxylation is 1. The highest BCUT2D eigenvalue weighted by Gasteiger charge is 2.19. The van der Waals surface area contributed by atoms with Gasteiger partial charge in [-0.25, -0.2) is 0 Å². The maximum atomic E-state index is 6.22. The molecule has 0 aliphatic rings. The van der Waals surface area contributed by atoms with Gasteiger partial charge in [0.05, 0.1) is 16.8 Å². The van der Waals surface area contributed by atoms with Gasteiger partial charge in [0, 0.05) is 11.1 Å². The van der Waals surface area contributed by atoms with Crippen LogP contribution in [-0.4, -0.2) is 11.5 Å². The zero-order chi connectivity index (χ0) is 12.3. The first kappa shape index (κ1) is 12.6. The molecule has 1 unspecified atom stereocenters. The molecule has 1 N–H and O–H groups in total. The van der Waals surface area contributed by atoms with Crippen LogP contribution in [0.1, 0.15) is 29.1 Å². The van der Waals surface area contributed by atoms with Crippen molar-refractivity contribution >= 4 is 22.9 Å². The van der Waals surface area contributed by atoms with E-state index in [0.29, 0.717) is 0 Å². The quantitative estimate of drug-likeness (QED) is 0.910. The topological polar surface area (TPSA) is 24.9 Å². The number of aromatic nitrogens is 1. The Morgan fingerprint density at radius 1 is 1.47 bits per heavy atom. The molecular weight excluding hydrogens is 252 g/mol. The molecule has 0 saturated carbocycles. The Balaban J connectivity index is 2.43. The second-order valence-corrected chi connectivity index (χ2v) is 5.18. The summed E-state index contributed by atoms with van der Waals surface area (Å²) in [4.78, 5) is 5.61. The predicted octanol–water partition coefficient (Wildman–Crippen LogP) is 3.80. The lowest BCUT2D eigenvalue weighted by molar-refractivity contribution is 0.621. The van der Waals surface area contributed by atoms with E-state index in [1.54, 1.807) is 11.3 Å². The maximum absolute atomic E-state index is 6.22. The molecule has 0 aliphatic carbocycles. The highest BCUT2D eigenvalue weighted by atomic mass is 35.5. The van der Waals surface area contributed by atoms with Gasteiger partial charge < -0.3 is 5.32 Å². The fourth-order valence-corrected chi connectivity index (χ4v) is 3.07. The summed E-state index contributed by atoms with van der Waals surface area (Å²) in [5, 5.41) is 6.27. The molecule has 0 aromatic carbocycles. The van der Waals surface area contributed by atoms with E-state index in [2.05, 4.69) is 30.2 Å². The van der Waals surface area contributed by atoms with Crippen LogP contribution < -0.4 is 5.32 Å². The minimum atomic E-state index is 0.0914. The minimum Gasteiger partial charge on any atom is -0.305 e. The SMILES string of the molecule is CCNC(c1ncccc1C)c1sccc1Cl. The lowest BCUT2D eigenvalue weighted by Crippen LogP contribution is -2.23. The summed E-state index contributed by atoms with van der Waals surface area (Å²) < 4.78 is 0. The van der Waals surface area contributed by atoms with E-state index in [9.17, 15) is 0 Å². The average molecular weight is 267 g/mol. The molecule has 2 nitrogen and oxygen atoms in total. The van der Waals surface area contributed by atoms with Crippen molar-refractivity contribution in [3.05, 3.63) is 50.9 Å². The molecule has 0 fully saturated rings. The third kappa shape index (κ3) is 2.68. The normalized spacial score (nSPS) is 12.6. The molecule has 0 spiro atoms. The van der Waals surface area contributed by atoms with E-state index in [1.807, 2.05) is 23.7 Å². The van der Waals surface area contributed by atoms with Crippen molar-refractivity contribution < 1.29 is 0 Å². The van der Waals surface area contributed by atoms with Crippen LogP contribution in [0.5, 0.6) is 0 Å². The van der Waals surface area contributed by atoms with E-state index < -0.39 is 0 Å². The molecule has 0 saturated heterocycles. The van der Waals surface area contributed by atoms with Crippen molar-refractivity contribution in [2.45, 2.75) is 19.9 Å². The summed E-state index contributed by atoms with van der Waals surface area (Å²) >= 11 is 7.88. The van der Waals surface area contributed by atoms with Crippen LogP contribution in [0, 0.1) is 6.92 Å². The number of hydrogen-bond acceptors (Lipinski definition) is 3. The number of pyridine rings is 1. The fraction of sp³-hybridized carbons (Fsp3) is 0.308. The van der Waals surface area contributed by atoms with E-state index in [-0.39, 0.29) is 6.04 Å². The molecule has 0 bridgehead atoms. The fourth-order valence-electron chi connectivity index (χ4n) is 1.83. The second-order valence-electron chi connectivity index (χ2n) is 3.83. The zero-order valence-corrected chi connectivity index (χ0v) is 11.5. The van der Waals surface area contributed by atoms with Crippen molar-refractivity contribution in [1.29, 1.82) is 0 Å². The minimum absolute atomic E-state index is 0.0914. The summed E-state index contributed by atoms with van der Waals surface area (Å²) in [6.45, 7) is 5.05. The average Bonchev–Trinajstić information content (AvgIpc) is 2.74. The van der Waals surface area contributed by atoms with E-state index in [1.165, 1.54) is 5.56 Å². The van der Waals surface area contributed by atoms with Crippen LogP contribution in [0.2, 0.25) is 5.02 Å². The van der Waals surface area contributed by atoms with Crippen LogP contribution >= 0.6 is 22.9 Å². The van der Waals surface area contributed by atoms with Crippen molar-refractivity contribution in [2.24, 2.45) is 0 Å². The van der Waals surface area contributed by atoms with Crippen LogP contribution in [0.25, 0.3) is 0 Å². The molecule has 2 aromatic heterocycles. The molecule has 2 rings (SSSR count). The Kier molecular flexibility index (Phi) is 4.15. The Hall–Kier alpha value is -0.900. The summed E-state index contributed by atoms with van der Waals surface area (Å²) in [6, 6.07) is 6.06. The summed E-state index contributed by atoms with van der Waals surface area (Å²) in [5.41, 5.74) is 2.24. The smallest absolute Gasteiger partial charge is 0.0862 e. The molecule has 1 atom stereocenters. The van der Waals surface area contributed by atoms with Crippen molar-refractivity contribution in [1.82, 2.24) is 10.3 Å².